The van der Waals surface area contributed by atoms with E-state index in [4.69, 9.17) is 5.11 Å². The van der Waals surface area contributed by atoms with Crippen LogP contribution in [-0.4, -0.2) is 41.5 Å². The number of hydrogen-bond donors (Lipinski definition) is 1. The van der Waals surface area contributed by atoms with Crippen LogP contribution in [0.15, 0.2) is 0 Å². The predicted molar refractivity (Wildman–Crippen MR) is 47.0 cm³/mol. The van der Waals surface area contributed by atoms with E-state index < -0.39 is 0 Å². The number of ketones is 1. The molecule has 0 spiro atoms. The smallest absolute Gasteiger partial charge is 0.134 e. The third kappa shape index (κ3) is 2.57. The number of aliphatic hydroxyl groups excluding tert-OH is 1. The van der Waals surface area contributed by atoms with Crippen molar-refractivity contribution in [3.8, 4) is 0 Å². The van der Waals surface area contributed by atoms with Crippen molar-refractivity contribution < 1.29 is 9.90 Å². The van der Waals surface area contributed by atoms with Crippen LogP contribution in [0, 0.1) is 0 Å². The van der Waals surface area contributed by atoms with Crippen molar-refractivity contribution in [3.05, 3.63) is 0 Å². The highest BCUT2D eigenvalue weighted by Crippen LogP contribution is 2.19. The lowest BCUT2D eigenvalue weighted by atomic mass is 10.2. The highest BCUT2D eigenvalue weighted by atomic mass is 16.3. The van der Waals surface area contributed by atoms with Gasteiger partial charge in [0.1, 0.15) is 5.78 Å². The van der Waals surface area contributed by atoms with Gasteiger partial charge in [0, 0.05) is 25.4 Å². The minimum absolute atomic E-state index is 0.300. The maximum absolute atomic E-state index is 11.0. The van der Waals surface area contributed by atoms with Crippen molar-refractivity contribution in [1.82, 2.24) is 4.90 Å². The summed E-state index contributed by atoms with van der Waals surface area (Å²) in [5, 5.41) is 9.12. The fourth-order valence-corrected chi connectivity index (χ4v) is 1.74. The zero-order chi connectivity index (χ0) is 9.14. The Bertz CT molecular complexity index is 168. The number of nitrogens with zero attached hydrogens (tertiary/aromatic N) is 1. The second-order valence-corrected chi connectivity index (χ2v) is 3.72. The first-order valence-electron chi connectivity index (χ1n) is 4.49. The van der Waals surface area contributed by atoms with Gasteiger partial charge in [0.25, 0.3) is 0 Å². The Morgan fingerprint density at radius 3 is 2.83 bits per heavy atom. The second-order valence-electron chi connectivity index (χ2n) is 3.72. The normalized spacial score (nSPS) is 26.7. The van der Waals surface area contributed by atoms with Crippen LogP contribution in [0.3, 0.4) is 0 Å². The topological polar surface area (TPSA) is 40.5 Å². The molecular weight excluding hydrogens is 154 g/mol. The molecule has 2 atom stereocenters. The average molecular weight is 171 g/mol. The lowest BCUT2D eigenvalue weighted by molar-refractivity contribution is -0.117. The van der Waals surface area contributed by atoms with Crippen LogP contribution in [0.4, 0.5) is 0 Å². The molecule has 70 valence electrons. The Kier molecular flexibility index (Phi) is 3.23. The van der Waals surface area contributed by atoms with Gasteiger partial charge >= 0.3 is 0 Å². The number of likely N-dealkylation sites (N-methyl/N-ethyl adjacent to an activating group) is 1. The van der Waals surface area contributed by atoms with E-state index in [9.17, 15) is 4.79 Å². The van der Waals surface area contributed by atoms with Gasteiger partial charge < -0.3 is 10.0 Å². The lowest BCUT2D eigenvalue weighted by Crippen LogP contribution is -2.35. The Morgan fingerprint density at radius 2 is 2.42 bits per heavy atom. The molecule has 1 saturated carbocycles. The van der Waals surface area contributed by atoms with E-state index in [2.05, 4.69) is 4.90 Å². The van der Waals surface area contributed by atoms with E-state index in [1.807, 2.05) is 7.05 Å². The summed E-state index contributed by atoms with van der Waals surface area (Å²) in [4.78, 5) is 13.0. The fraction of sp³-hybridized carbons (Fsp3) is 0.889. The third-order valence-electron chi connectivity index (χ3n) is 2.40. The molecule has 0 saturated heterocycles. The van der Waals surface area contributed by atoms with Crippen molar-refractivity contribution >= 4 is 5.78 Å². The molecule has 0 bridgehead atoms. The number of Topliss-reactive ketones (excluding diaryl/α,β-unsaturated/α-hetero) is 1. The van der Waals surface area contributed by atoms with E-state index in [-0.39, 0.29) is 6.10 Å². The monoisotopic (exact) mass is 171 g/mol. The van der Waals surface area contributed by atoms with Crippen LogP contribution in [0.25, 0.3) is 0 Å². The average Bonchev–Trinajstić information content (AvgIpc) is 2.34. The van der Waals surface area contributed by atoms with Crippen LogP contribution in [0.5, 0.6) is 0 Å². The van der Waals surface area contributed by atoms with Crippen molar-refractivity contribution in [2.24, 2.45) is 0 Å². The van der Waals surface area contributed by atoms with E-state index in [0.717, 1.165) is 12.8 Å². The summed E-state index contributed by atoms with van der Waals surface area (Å²) < 4.78 is 0. The maximum Gasteiger partial charge on any atom is 0.134 e. The summed E-state index contributed by atoms with van der Waals surface area (Å²) in [5.41, 5.74) is 0. The van der Waals surface area contributed by atoms with Gasteiger partial charge in [-0.3, -0.25) is 4.79 Å². The van der Waals surface area contributed by atoms with Crippen molar-refractivity contribution in [1.29, 1.82) is 0 Å². The summed E-state index contributed by atoms with van der Waals surface area (Å²) in [5.74, 6) is 0.359. The van der Waals surface area contributed by atoms with E-state index in [0.29, 0.717) is 24.8 Å². The largest absolute Gasteiger partial charge is 0.392 e. The lowest BCUT2D eigenvalue weighted by Gasteiger charge is -2.24. The molecule has 1 fully saturated rings. The molecule has 0 aromatic carbocycles. The molecule has 1 aliphatic carbocycles. The summed E-state index contributed by atoms with van der Waals surface area (Å²) in [6, 6.07) is 0.368. The Labute approximate surface area is 73.4 Å². The Balaban J connectivity index is 2.32. The molecule has 0 aliphatic heterocycles. The van der Waals surface area contributed by atoms with Crippen molar-refractivity contribution in [2.45, 2.75) is 38.3 Å². The maximum atomic E-state index is 11.0. The van der Waals surface area contributed by atoms with Crippen LogP contribution < -0.4 is 0 Å². The van der Waals surface area contributed by atoms with Gasteiger partial charge in [-0.15, -0.1) is 0 Å². The van der Waals surface area contributed by atoms with Crippen LogP contribution >= 0.6 is 0 Å². The number of carbonyl (C=O) groups is 1. The zero-order valence-electron chi connectivity index (χ0n) is 7.79. The predicted octanol–water partition coefficient (Wildman–Crippen LogP) is 0.421. The van der Waals surface area contributed by atoms with Crippen molar-refractivity contribution in [3.63, 3.8) is 0 Å². The van der Waals surface area contributed by atoms with Crippen LogP contribution in [0.1, 0.15) is 26.2 Å². The van der Waals surface area contributed by atoms with E-state index in [1.165, 1.54) is 0 Å². The fourth-order valence-electron chi connectivity index (χ4n) is 1.74. The van der Waals surface area contributed by atoms with Gasteiger partial charge in [-0.05, 0) is 20.4 Å². The molecule has 1 rings (SSSR count). The van der Waals surface area contributed by atoms with Gasteiger partial charge in [-0.2, -0.15) is 0 Å². The molecule has 0 heterocycles. The quantitative estimate of drug-likeness (QED) is 0.669. The van der Waals surface area contributed by atoms with Gasteiger partial charge in [0.2, 0.25) is 0 Å². The molecule has 3 nitrogen and oxygen atoms in total. The minimum Gasteiger partial charge on any atom is -0.392 e. The number of carbonyl (C=O) groups excluding carboxylic acids is 1. The number of hydrogen-bond acceptors (Lipinski definition) is 3. The molecule has 1 N–H and O–H groups in total. The molecular formula is C9H17NO2. The van der Waals surface area contributed by atoms with Gasteiger partial charge in [-0.1, -0.05) is 0 Å². The first kappa shape index (κ1) is 9.68. The van der Waals surface area contributed by atoms with E-state index in [1.54, 1.807) is 6.92 Å². The van der Waals surface area contributed by atoms with Gasteiger partial charge in [0.15, 0.2) is 0 Å². The number of rotatable bonds is 3. The van der Waals surface area contributed by atoms with E-state index >= 15 is 0 Å². The molecule has 0 aromatic rings. The first-order chi connectivity index (χ1) is 5.59. The van der Waals surface area contributed by atoms with Crippen molar-refractivity contribution in [2.75, 3.05) is 13.6 Å². The Hall–Kier alpha value is -0.410. The summed E-state index contributed by atoms with van der Waals surface area (Å²) in [6.45, 7) is 2.44. The molecule has 2 unspecified atom stereocenters. The molecule has 0 amide bonds. The Morgan fingerprint density at radius 1 is 1.75 bits per heavy atom. The SMILES string of the molecule is CC(O)CN(C)C1CCC(=O)C1. The first-order valence-corrected chi connectivity index (χ1v) is 4.49. The summed E-state index contributed by atoms with van der Waals surface area (Å²) >= 11 is 0. The van der Waals surface area contributed by atoms with Crippen LogP contribution in [-0.2, 0) is 4.79 Å². The second kappa shape index (κ2) is 4.01. The minimum atomic E-state index is -0.300. The zero-order valence-corrected chi connectivity index (χ0v) is 7.79. The highest BCUT2D eigenvalue weighted by Gasteiger charge is 2.25. The third-order valence-corrected chi connectivity index (χ3v) is 2.40. The summed E-state index contributed by atoms with van der Waals surface area (Å²) in [7, 11) is 1.97. The molecule has 3 heteroatoms. The highest BCUT2D eigenvalue weighted by molar-refractivity contribution is 5.81. The van der Waals surface area contributed by atoms with Crippen LogP contribution in [0.2, 0.25) is 0 Å². The summed E-state index contributed by atoms with van der Waals surface area (Å²) in [6.07, 6.45) is 2.05. The van der Waals surface area contributed by atoms with Gasteiger partial charge in [0.05, 0.1) is 6.10 Å². The molecule has 0 aromatic heterocycles. The standard InChI is InChI=1S/C9H17NO2/c1-7(11)6-10(2)8-3-4-9(12)5-8/h7-8,11H,3-6H2,1-2H3. The molecule has 0 radical (unpaired) electrons. The number of aliphatic hydroxyl groups is 1. The molecule has 1 aliphatic rings. The van der Waals surface area contributed by atoms with Gasteiger partial charge in [-0.25, -0.2) is 0 Å². The molecule has 12 heavy (non-hydrogen) atoms.